The molecule has 1 atom stereocenters. The molecular formula is C20H26BrN3O. The first kappa shape index (κ1) is 18.4. The number of piperazine rings is 1. The Balaban J connectivity index is 1.76. The van der Waals surface area contributed by atoms with Crippen LogP contribution in [0.25, 0.3) is 0 Å². The molecule has 0 spiro atoms. The van der Waals surface area contributed by atoms with E-state index in [9.17, 15) is 5.11 Å². The normalized spacial score (nSPS) is 18.5. The lowest BCUT2D eigenvalue weighted by Gasteiger charge is -2.43. The molecule has 3 N–H and O–H groups in total. The molecule has 25 heavy (non-hydrogen) atoms. The highest BCUT2D eigenvalue weighted by atomic mass is 79.9. The van der Waals surface area contributed by atoms with E-state index in [0.29, 0.717) is 12.6 Å². The summed E-state index contributed by atoms with van der Waals surface area (Å²) in [4.78, 5) is 4.90. The zero-order valence-corrected chi connectivity index (χ0v) is 16.0. The Morgan fingerprint density at radius 3 is 2.60 bits per heavy atom. The third-order valence-corrected chi connectivity index (χ3v) is 5.50. The fourth-order valence-corrected chi connectivity index (χ4v) is 4.00. The Morgan fingerprint density at radius 2 is 1.88 bits per heavy atom. The van der Waals surface area contributed by atoms with Crippen molar-refractivity contribution in [3.05, 3.63) is 64.1 Å². The number of nitrogens with zero attached hydrogens (tertiary/aromatic N) is 2. The molecule has 0 aromatic heterocycles. The molecule has 5 heteroatoms. The number of aliphatic hydroxyl groups excluding tert-OH is 1. The summed E-state index contributed by atoms with van der Waals surface area (Å²) in [6, 6.07) is 17.2. The Labute approximate surface area is 158 Å². The molecular weight excluding hydrogens is 378 g/mol. The largest absolute Gasteiger partial charge is 0.396 e. The summed E-state index contributed by atoms with van der Waals surface area (Å²) in [5, 5.41) is 9.55. The van der Waals surface area contributed by atoms with E-state index in [1.54, 1.807) is 0 Å². The van der Waals surface area contributed by atoms with E-state index in [4.69, 9.17) is 5.73 Å². The predicted octanol–water partition coefficient (Wildman–Crippen LogP) is 2.98. The lowest BCUT2D eigenvalue weighted by atomic mass is 10.1. The van der Waals surface area contributed by atoms with E-state index < -0.39 is 0 Å². The quantitative estimate of drug-likeness (QED) is 0.778. The van der Waals surface area contributed by atoms with E-state index in [-0.39, 0.29) is 6.61 Å². The van der Waals surface area contributed by atoms with Crippen LogP contribution < -0.4 is 10.6 Å². The van der Waals surface area contributed by atoms with Crippen molar-refractivity contribution >= 4 is 21.6 Å². The number of anilines is 1. The van der Waals surface area contributed by atoms with Gasteiger partial charge in [-0.1, -0.05) is 36.4 Å². The summed E-state index contributed by atoms with van der Waals surface area (Å²) in [5.41, 5.74) is 9.47. The molecule has 0 unspecified atom stereocenters. The number of aliphatic hydroxyl groups is 1. The molecule has 2 aromatic carbocycles. The van der Waals surface area contributed by atoms with Crippen LogP contribution in [0.2, 0.25) is 0 Å². The van der Waals surface area contributed by atoms with Gasteiger partial charge in [0, 0.05) is 49.8 Å². The first-order valence-electron chi connectivity index (χ1n) is 8.83. The number of halogens is 1. The molecule has 0 radical (unpaired) electrons. The van der Waals surface area contributed by atoms with Crippen LogP contribution in [0, 0.1) is 0 Å². The molecule has 134 valence electrons. The smallest absolute Gasteiger partial charge is 0.0517 e. The monoisotopic (exact) mass is 403 g/mol. The van der Waals surface area contributed by atoms with Gasteiger partial charge in [0.1, 0.15) is 0 Å². The van der Waals surface area contributed by atoms with Crippen LogP contribution in [-0.2, 0) is 13.1 Å². The molecule has 0 bridgehead atoms. The molecule has 2 aromatic rings. The molecule has 1 aliphatic heterocycles. The summed E-state index contributed by atoms with van der Waals surface area (Å²) in [6.45, 7) is 4.61. The van der Waals surface area contributed by atoms with Gasteiger partial charge in [0.2, 0.25) is 0 Å². The molecule has 3 rings (SSSR count). The zero-order chi connectivity index (χ0) is 17.6. The van der Waals surface area contributed by atoms with Gasteiger partial charge in [-0.05, 0) is 45.6 Å². The maximum atomic E-state index is 9.55. The van der Waals surface area contributed by atoms with Gasteiger partial charge in [0.15, 0.2) is 0 Å². The Kier molecular flexibility index (Phi) is 6.48. The molecule has 1 fully saturated rings. The summed E-state index contributed by atoms with van der Waals surface area (Å²) in [5.74, 6) is 0. The van der Waals surface area contributed by atoms with Crippen molar-refractivity contribution < 1.29 is 5.11 Å². The van der Waals surface area contributed by atoms with E-state index in [1.807, 2.05) is 0 Å². The molecule has 0 saturated carbocycles. The van der Waals surface area contributed by atoms with Gasteiger partial charge in [-0.25, -0.2) is 0 Å². The molecule has 0 aliphatic carbocycles. The average molecular weight is 404 g/mol. The van der Waals surface area contributed by atoms with Gasteiger partial charge in [0.25, 0.3) is 0 Å². The fourth-order valence-electron chi connectivity index (χ4n) is 3.52. The van der Waals surface area contributed by atoms with Crippen molar-refractivity contribution in [2.24, 2.45) is 5.73 Å². The van der Waals surface area contributed by atoms with Crippen molar-refractivity contribution in [2.45, 2.75) is 25.6 Å². The van der Waals surface area contributed by atoms with Gasteiger partial charge in [-0.15, -0.1) is 0 Å². The SMILES string of the molecule is NCc1ccc(Br)c(N2CCN(Cc3ccccc3)C[C@@H]2CCO)c1. The number of hydrogen-bond acceptors (Lipinski definition) is 4. The first-order chi connectivity index (χ1) is 12.2. The Hall–Kier alpha value is -1.40. The second-order valence-corrected chi connectivity index (χ2v) is 7.42. The molecule has 4 nitrogen and oxygen atoms in total. The minimum atomic E-state index is 0.203. The number of hydrogen-bond donors (Lipinski definition) is 2. The zero-order valence-electron chi connectivity index (χ0n) is 14.4. The summed E-state index contributed by atoms with van der Waals surface area (Å²) >= 11 is 3.68. The van der Waals surface area contributed by atoms with Crippen molar-refractivity contribution in [3.63, 3.8) is 0 Å². The van der Waals surface area contributed by atoms with Gasteiger partial charge in [-0.3, -0.25) is 4.90 Å². The van der Waals surface area contributed by atoms with Crippen LogP contribution in [0.5, 0.6) is 0 Å². The number of benzene rings is 2. The Morgan fingerprint density at radius 1 is 1.08 bits per heavy atom. The highest BCUT2D eigenvalue weighted by Crippen LogP contribution is 2.31. The van der Waals surface area contributed by atoms with Crippen LogP contribution in [0.1, 0.15) is 17.5 Å². The van der Waals surface area contributed by atoms with E-state index in [1.165, 1.54) is 11.3 Å². The second-order valence-electron chi connectivity index (χ2n) is 6.57. The van der Waals surface area contributed by atoms with Crippen molar-refractivity contribution in [2.75, 3.05) is 31.1 Å². The third-order valence-electron chi connectivity index (χ3n) is 4.83. The summed E-state index contributed by atoms with van der Waals surface area (Å²) in [7, 11) is 0. The van der Waals surface area contributed by atoms with E-state index in [0.717, 1.165) is 42.6 Å². The molecule has 0 amide bonds. The molecule has 1 saturated heterocycles. The van der Waals surface area contributed by atoms with Crippen molar-refractivity contribution in [1.29, 1.82) is 0 Å². The summed E-state index contributed by atoms with van der Waals surface area (Å²) < 4.78 is 1.09. The Bertz CT molecular complexity index is 680. The number of rotatable bonds is 6. The lowest BCUT2D eigenvalue weighted by Crippen LogP contribution is -2.53. The van der Waals surface area contributed by atoms with Gasteiger partial charge >= 0.3 is 0 Å². The highest BCUT2D eigenvalue weighted by Gasteiger charge is 2.28. The minimum absolute atomic E-state index is 0.203. The van der Waals surface area contributed by atoms with Crippen LogP contribution in [0.3, 0.4) is 0 Å². The maximum Gasteiger partial charge on any atom is 0.0517 e. The van der Waals surface area contributed by atoms with Crippen LogP contribution >= 0.6 is 15.9 Å². The molecule has 1 heterocycles. The van der Waals surface area contributed by atoms with Gasteiger partial charge < -0.3 is 15.7 Å². The van der Waals surface area contributed by atoms with Crippen LogP contribution in [-0.4, -0.2) is 42.3 Å². The standard InChI is InChI=1S/C20H26BrN3O/c21-19-7-6-17(13-22)12-20(19)24-10-9-23(15-18(24)8-11-25)14-16-4-2-1-3-5-16/h1-7,12,18,25H,8-11,13-15,22H2/t18-/m0/s1. The van der Waals surface area contributed by atoms with Crippen LogP contribution in [0.4, 0.5) is 5.69 Å². The van der Waals surface area contributed by atoms with Crippen molar-refractivity contribution in [1.82, 2.24) is 4.90 Å². The second kappa shape index (κ2) is 8.81. The average Bonchev–Trinajstić information content (AvgIpc) is 2.64. The topological polar surface area (TPSA) is 52.7 Å². The first-order valence-corrected chi connectivity index (χ1v) is 9.63. The van der Waals surface area contributed by atoms with E-state index >= 15 is 0 Å². The maximum absolute atomic E-state index is 9.55. The van der Waals surface area contributed by atoms with E-state index in [2.05, 4.69) is 74.3 Å². The fraction of sp³-hybridized carbons (Fsp3) is 0.400. The summed E-state index contributed by atoms with van der Waals surface area (Å²) in [6.07, 6.45) is 0.768. The predicted molar refractivity (Wildman–Crippen MR) is 107 cm³/mol. The van der Waals surface area contributed by atoms with Crippen LogP contribution in [0.15, 0.2) is 53.0 Å². The van der Waals surface area contributed by atoms with Crippen molar-refractivity contribution in [3.8, 4) is 0 Å². The van der Waals surface area contributed by atoms with Gasteiger partial charge in [0.05, 0.1) is 5.69 Å². The third kappa shape index (κ3) is 4.61. The van der Waals surface area contributed by atoms with Gasteiger partial charge in [-0.2, -0.15) is 0 Å². The highest BCUT2D eigenvalue weighted by molar-refractivity contribution is 9.10. The molecule has 1 aliphatic rings. The number of nitrogens with two attached hydrogens (primary N) is 1. The lowest BCUT2D eigenvalue weighted by molar-refractivity contribution is 0.188. The minimum Gasteiger partial charge on any atom is -0.396 e.